The highest BCUT2D eigenvalue weighted by Crippen LogP contribution is 2.47. The Balaban J connectivity index is 1.46. The van der Waals surface area contributed by atoms with Gasteiger partial charge in [0.15, 0.2) is 5.78 Å². The third kappa shape index (κ3) is 6.49. The lowest BCUT2D eigenvalue weighted by molar-refractivity contribution is -0.140. The summed E-state index contributed by atoms with van der Waals surface area (Å²) < 4.78 is 17.5. The number of allylic oxidation sites excluding steroid dienone is 3. The molecule has 7 heteroatoms. The van der Waals surface area contributed by atoms with Crippen molar-refractivity contribution in [2.75, 3.05) is 19.8 Å². The quantitative estimate of drug-likeness (QED) is 0.206. The van der Waals surface area contributed by atoms with E-state index in [1.165, 1.54) is 0 Å². The van der Waals surface area contributed by atoms with Crippen LogP contribution in [0.15, 0.2) is 101 Å². The van der Waals surface area contributed by atoms with Gasteiger partial charge in [0.05, 0.1) is 18.1 Å². The lowest BCUT2D eigenvalue weighted by atomic mass is 9.71. The van der Waals surface area contributed by atoms with Gasteiger partial charge in [0.2, 0.25) is 0 Å². The number of benzene rings is 3. The van der Waals surface area contributed by atoms with E-state index >= 15 is 0 Å². The van der Waals surface area contributed by atoms with Gasteiger partial charge in [0.1, 0.15) is 24.7 Å². The third-order valence-electron chi connectivity index (χ3n) is 7.41. The molecular weight excluding hydrogens is 538 g/mol. The first-order valence-electron chi connectivity index (χ1n) is 14.0. The van der Waals surface area contributed by atoms with E-state index in [-0.39, 0.29) is 24.9 Å². The molecule has 3 aromatic carbocycles. The molecule has 0 spiro atoms. The zero-order valence-electron chi connectivity index (χ0n) is 23.3. The average molecular weight is 572 g/mol. The zero-order chi connectivity index (χ0) is 28.8. The Labute approximate surface area is 246 Å². The van der Waals surface area contributed by atoms with E-state index in [9.17, 15) is 9.59 Å². The highest BCUT2D eigenvalue weighted by atomic mass is 35.5. The summed E-state index contributed by atoms with van der Waals surface area (Å²) in [5.41, 5.74) is 4.34. The third-order valence-corrected chi connectivity index (χ3v) is 7.66. The van der Waals surface area contributed by atoms with E-state index < -0.39 is 11.9 Å². The van der Waals surface area contributed by atoms with Gasteiger partial charge in [-0.3, -0.25) is 4.79 Å². The van der Waals surface area contributed by atoms with E-state index in [4.69, 9.17) is 25.8 Å². The molecule has 1 N–H and O–H groups in total. The number of nitrogens with one attached hydrogen (secondary N) is 1. The molecule has 0 fully saturated rings. The van der Waals surface area contributed by atoms with Crippen LogP contribution in [0.4, 0.5) is 0 Å². The first-order valence-corrected chi connectivity index (χ1v) is 14.4. The lowest BCUT2D eigenvalue weighted by Gasteiger charge is -2.37. The first-order chi connectivity index (χ1) is 20.0. The van der Waals surface area contributed by atoms with Gasteiger partial charge in [-0.05, 0) is 61.6 Å². The molecule has 2 aliphatic rings. The number of hydrogen-bond donors (Lipinski definition) is 1. The van der Waals surface area contributed by atoms with Crippen LogP contribution in [0.25, 0.3) is 0 Å². The van der Waals surface area contributed by atoms with E-state index in [2.05, 4.69) is 5.32 Å². The Morgan fingerprint density at radius 2 is 1.63 bits per heavy atom. The standard InChI is InChI=1S/C34H34ClNO5/c1-3-17-40-30-12-8-7-11-27(30)32-31(34(38)41-19-18-39-26-9-5-4-6-10-26)22(2)36-28-20-24(21-29(37)33(28)32)23-13-15-25(35)16-14-23/h4-16,24,32,36H,3,17-21H2,1-2H3/t24-,32+/m1/s1. The summed E-state index contributed by atoms with van der Waals surface area (Å²) in [7, 11) is 0. The fraction of sp³-hybridized carbons (Fsp3) is 0.294. The Hall–Kier alpha value is -4.03. The van der Waals surface area contributed by atoms with E-state index in [0.717, 1.165) is 23.2 Å². The highest BCUT2D eigenvalue weighted by Gasteiger charge is 2.42. The number of para-hydroxylation sites is 2. The summed E-state index contributed by atoms with van der Waals surface area (Å²) in [6.07, 6.45) is 1.81. The minimum atomic E-state index is -0.611. The van der Waals surface area contributed by atoms with Crippen molar-refractivity contribution in [2.24, 2.45) is 0 Å². The lowest BCUT2D eigenvalue weighted by Crippen LogP contribution is -2.36. The molecule has 0 saturated heterocycles. The van der Waals surface area contributed by atoms with Crippen LogP contribution in [0.5, 0.6) is 11.5 Å². The van der Waals surface area contributed by atoms with Crippen molar-refractivity contribution in [3.63, 3.8) is 0 Å². The number of esters is 1. The maximum Gasteiger partial charge on any atom is 0.336 e. The summed E-state index contributed by atoms with van der Waals surface area (Å²) in [6.45, 7) is 4.72. The Bertz CT molecular complexity index is 1460. The number of carbonyl (C=O) groups is 2. The monoisotopic (exact) mass is 571 g/mol. The second kappa shape index (κ2) is 13.1. The molecule has 0 radical (unpaired) electrons. The molecule has 1 aliphatic carbocycles. The van der Waals surface area contributed by atoms with Crippen LogP contribution in [0.3, 0.4) is 0 Å². The van der Waals surface area contributed by atoms with Crippen LogP contribution in [0.1, 0.15) is 56.1 Å². The second-order valence-corrected chi connectivity index (χ2v) is 10.7. The molecule has 0 aromatic heterocycles. The number of hydrogen-bond acceptors (Lipinski definition) is 6. The second-order valence-electron chi connectivity index (χ2n) is 10.3. The normalized spacial score (nSPS) is 18.5. The summed E-state index contributed by atoms with van der Waals surface area (Å²) in [4.78, 5) is 27.6. The molecule has 2 atom stereocenters. The highest BCUT2D eigenvalue weighted by molar-refractivity contribution is 6.30. The van der Waals surface area contributed by atoms with Crippen molar-refractivity contribution in [1.82, 2.24) is 5.32 Å². The van der Waals surface area contributed by atoms with Gasteiger partial charge in [-0.1, -0.05) is 67.1 Å². The minimum absolute atomic E-state index is 0.000736. The van der Waals surface area contributed by atoms with E-state index in [1.54, 1.807) is 0 Å². The van der Waals surface area contributed by atoms with Gasteiger partial charge in [-0.25, -0.2) is 4.79 Å². The fourth-order valence-electron chi connectivity index (χ4n) is 5.54. The van der Waals surface area contributed by atoms with Crippen LogP contribution in [-0.4, -0.2) is 31.6 Å². The first kappa shape index (κ1) is 28.5. The van der Waals surface area contributed by atoms with E-state index in [0.29, 0.717) is 52.8 Å². The number of Topliss-reactive ketones (excluding diaryl/α,β-unsaturated/α-hetero) is 1. The predicted octanol–water partition coefficient (Wildman–Crippen LogP) is 7.11. The molecule has 0 saturated carbocycles. The van der Waals surface area contributed by atoms with Crippen molar-refractivity contribution in [3.05, 3.63) is 118 Å². The SMILES string of the molecule is CCCOc1ccccc1[C@H]1C(C(=O)OCCOc2ccccc2)=C(C)NC2=C1C(=O)C[C@H](c1ccc(Cl)cc1)C2. The molecule has 212 valence electrons. The molecular formula is C34H34ClNO5. The minimum Gasteiger partial charge on any atom is -0.493 e. The number of ketones is 1. The molecule has 0 unspecified atom stereocenters. The number of rotatable bonds is 10. The van der Waals surface area contributed by atoms with Crippen LogP contribution in [-0.2, 0) is 14.3 Å². The van der Waals surface area contributed by atoms with Gasteiger partial charge < -0.3 is 19.5 Å². The molecule has 1 heterocycles. The van der Waals surface area contributed by atoms with Crippen molar-refractivity contribution in [3.8, 4) is 11.5 Å². The van der Waals surface area contributed by atoms with Crippen LogP contribution < -0.4 is 14.8 Å². The van der Waals surface area contributed by atoms with E-state index in [1.807, 2.05) is 92.7 Å². The smallest absolute Gasteiger partial charge is 0.336 e. The van der Waals surface area contributed by atoms with Gasteiger partial charge in [0.25, 0.3) is 0 Å². The molecule has 41 heavy (non-hydrogen) atoms. The zero-order valence-corrected chi connectivity index (χ0v) is 24.1. The number of carbonyl (C=O) groups excluding carboxylic acids is 2. The maximum atomic E-state index is 13.9. The fourth-order valence-corrected chi connectivity index (χ4v) is 5.67. The number of halogens is 1. The van der Waals surface area contributed by atoms with Crippen molar-refractivity contribution < 1.29 is 23.8 Å². The van der Waals surface area contributed by atoms with Gasteiger partial charge in [0, 0.05) is 34.0 Å². The Kier molecular flexibility index (Phi) is 9.10. The number of dihydropyridines is 1. The van der Waals surface area contributed by atoms with Crippen molar-refractivity contribution in [2.45, 2.75) is 44.9 Å². The average Bonchev–Trinajstić information content (AvgIpc) is 2.98. The predicted molar refractivity (Wildman–Crippen MR) is 159 cm³/mol. The largest absolute Gasteiger partial charge is 0.493 e. The Morgan fingerprint density at radius 3 is 2.39 bits per heavy atom. The van der Waals surface area contributed by atoms with Crippen molar-refractivity contribution in [1.29, 1.82) is 0 Å². The van der Waals surface area contributed by atoms with Crippen LogP contribution >= 0.6 is 11.6 Å². The topological polar surface area (TPSA) is 73.9 Å². The summed E-state index contributed by atoms with van der Waals surface area (Å²) in [5.74, 6) is 0.276. The molecule has 1 aliphatic heterocycles. The summed E-state index contributed by atoms with van der Waals surface area (Å²) in [6, 6.07) is 24.7. The maximum absolute atomic E-state index is 13.9. The van der Waals surface area contributed by atoms with Gasteiger partial charge in [-0.2, -0.15) is 0 Å². The Morgan fingerprint density at radius 1 is 0.902 bits per heavy atom. The summed E-state index contributed by atoms with van der Waals surface area (Å²) in [5, 5.41) is 4.07. The molecule has 3 aromatic rings. The van der Waals surface area contributed by atoms with Crippen LogP contribution in [0, 0.1) is 0 Å². The summed E-state index contributed by atoms with van der Waals surface area (Å²) >= 11 is 6.11. The molecule has 5 rings (SSSR count). The van der Waals surface area contributed by atoms with Crippen LogP contribution in [0.2, 0.25) is 5.02 Å². The van der Waals surface area contributed by atoms with Gasteiger partial charge in [-0.15, -0.1) is 0 Å². The molecule has 6 nitrogen and oxygen atoms in total. The molecule has 0 bridgehead atoms. The van der Waals surface area contributed by atoms with Gasteiger partial charge >= 0.3 is 5.97 Å². The molecule has 0 amide bonds. The number of ether oxygens (including phenoxy) is 3. The van der Waals surface area contributed by atoms with Crippen molar-refractivity contribution >= 4 is 23.4 Å².